The smallest absolute Gasteiger partial charge is 0.317 e. The van der Waals surface area contributed by atoms with Gasteiger partial charge in [0.05, 0.1) is 12.5 Å². The molecule has 160 valence electrons. The molecule has 5 unspecified atom stereocenters. The van der Waals surface area contributed by atoms with Gasteiger partial charge in [0, 0.05) is 0 Å². The van der Waals surface area contributed by atoms with E-state index in [1.807, 2.05) is 6.08 Å². The monoisotopic (exact) mass is 392 g/mol. The molecule has 28 heavy (non-hydrogen) atoms. The van der Waals surface area contributed by atoms with E-state index in [4.69, 9.17) is 9.47 Å². The number of unbranched alkanes of at least 4 members (excludes halogenated alkanes) is 2. The van der Waals surface area contributed by atoms with Crippen molar-refractivity contribution < 1.29 is 19.1 Å². The van der Waals surface area contributed by atoms with Crippen LogP contribution in [0.15, 0.2) is 12.2 Å². The molecule has 0 saturated carbocycles. The molecule has 1 fully saturated rings. The summed E-state index contributed by atoms with van der Waals surface area (Å²) in [4.78, 5) is 25.8. The van der Waals surface area contributed by atoms with Gasteiger partial charge in [-0.15, -0.1) is 0 Å². The van der Waals surface area contributed by atoms with Crippen molar-refractivity contribution in [1.82, 2.24) is 0 Å². The quantitative estimate of drug-likeness (QED) is 0.309. The number of rotatable bonds is 12. The van der Waals surface area contributed by atoms with Gasteiger partial charge in [-0.2, -0.15) is 0 Å². The minimum Gasteiger partial charge on any atom is -0.465 e. The van der Waals surface area contributed by atoms with Crippen LogP contribution in [0.3, 0.4) is 0 Å². The number of cyclic esters (lactones) is 1. The van der Waals surface area contributed by atoms with Crippen LogP contribution in [0.5, 0.6) is 0 Å². The first-order chi connectivity index (χ1) is 13.5. The molecule has 0 radical (unpaired) electrons. The molecule has 1 spiro atoms. The molecule has 5 atom stereocenters. The molecule has 2 rings (SSSR count). The molecule has 0 aromatic carbocycles. The second kappa shape index (κ2) is 11.0. The van der Waals surface area contributed by atoms with E-state index in [2.05, 4.69) is 33.8 Å². The number of carbonyl (C=O) groups excluding carboxylic acids is 2. The Morgan fingerprint density at radius 3 is 2.46 bits per heavy atom. The molecule has 0 amide bonds. The van der Waals surface area contributed by atoms with Crippen LogP contribution < -0.4 is 0 Å². The number of hydrogen-bond donors (Lipinski definition) is 0. The lowest BCUT2D eigenvalue weighted by Gasteiger charge is -2.53. The second-order valence-corrected chi connectivity index (χ2v) is 8.69. The SMILES string of the molecule is CCCCC(CC)COC(=O)C1CC=CCC12C(=O)OC2C(CC)CCCC. The maximum absolute atomic E-state index is 13.1. The van der Waals surface area contributed by atoms with Crippen LogP contribution >= 0.6 is 0 Å². The van der Waals surface area contributed by atoms with Crippen molar-refractivity contribution in [2.24, 2.45) is 23.2 Å². The molecule has 1 saturated heterocycles. The Hall–Kier alpha value is -1.32. The zero-order chi connectivity index (χ0) is 20.6. The predicted octanol–water partition coefficient (Wildman–Crippen LogP) is 5.84. The van der Waals surface area contributed by atoms with Crippen LogP contribution in [0.2, 0.25) is 0 Å². The topological polar surface area (TPSA) is 52.6 Å². The standard InChI is InChI=1S/C24H40O4/c1-5-9-13-18(7-3)17-27-22(25)20-15-11-12-16-24(20)21(28-23(24)26)19(8-4)14-10-6-2/h11-12,18-21H,5-10,13-17H2,1-4H3. The minimum atomic E-state index is -0.703. The largest absolute Gasteiger partial charge is 0.465 e. The van der Waals surface area contributed by atoms with E-state index < -0.39 is 11.3 Å². The van der Waals surface area contributed by atoms with Gasteiger partial charge in [-0.3, -0.25) is 9.59 Å². The van der Waals surface area contributed by atoms with Crippen molar-refractivity contribution in [3.8, 4) is 0 Å². The van der Waals surface area contributed by atoms with Gasteiger partial charge >= 0.3 is 11.9 Å². The van der Waals surface area contributed by atoms with Gasteiger partial charge < -0.3 is 9.47 Å². The molecule has 1 aliphatic carbocycles. The van der Waals surface area contributed by atoms with E-state index in [9.17, 15) is 9.59 Å². The summed E-state index contributed by atoms with van der Waals surface area (Å²) in [6, 6.07) is 0. The Bertz CT molecular complexity index is 541. The fourth-order valence-corrected chi connectivity index (χ4v) is 4.85. The summed E-state index contributed by atoms with van der Waals surface area (Å²) in [5.74, 6) is -0.0605. The highest BCUT2D eigenvalue weighted by Gasteiger charge is 2.66. The fraction of sp³-hybridized carbons (Fsp3) is 0.833. The third-order valence-electron chi connectivity index (χ3n) is 6.91. The molecule has 0 aromatic heterocycles. The predicted molar refractivity (Wildman–Crippen MR) is 112 cm³/mol. The summed E-state index contributed by atoms with van der Waals surface area (Å²) in [6.07, 6.45) is 13.8. The van der Waals surface area contributed by atoms with Gasteiger partial charge in [0.25, 0.3) is 0 Å². The number of esters is 2. The number of carbonyl (C=O) groups is 2. The number of hydrogen-bond acceptors (Lipinski definition) is 4. The van der Waals surface area contributed by atoms with Gasteiger partial charge in [0.15, 0.2) is 0 Å². The van der Waals surface area contributed by atoms with E-state index in [-0.39, 0.29) is 18.0 Å². The van der Waals surface area contributed by atoms with Crippen LogP contribution in [0.25, 0.3) is 0 Å². The highest BCUT2D eigenvalue weighted by atomic mass is 16.6. The molecular weight excluding hydrogens is 352 g/mol. The molecule has 0 bridgehead atoms. The van der Waals surface area contributed by atoms with E-state index in [0.717, 1.165) is 51.4 Å². The summed E-state index contributed by atoms with van der Waals surface area (Å²) in [7, 11) is 0. The first-order valence-corrected chi connectivity index (χ1v) is 11.6. The van der Waals surface area contributed by atoms with Crippen molar-refractivity contribution in [2.45, 2.75) is 98.0 Å². The average molecular weight is 393 g/mol. The van der Waals surface area contributed by atoms with Crippen molar-refractivity contribution in [1.29, 1.82) is 0 Å². The van der Waals surface area contributed by atoms with Crippen molar-refractivity contribution in [3.63, 3.8) is 0 Å². The maximum atomic E-state index is 13.1. The third-order valence-corrected chi connectivity index (χ3v) is 6.91. The Kier molecular flexibility index (Phi) is 9.04. The zero-order valence-electron chi connectivity index (χ0n) is 18.4. The summed E-state index contributed by atoms with van der Waals surface area (Å²) in [5.41, 5.74) is -0.703. The molecule has 2 aliphatic rings. The van der Waals surface area contributed by atoms with Crippen molar-refractivity contribution in [2.75, 3.05) is 6.61 Å². The normalized spacial score (nSPS) is 28.5. The third kappa shape index (κ3) is 4.80. The van der Waals surface area contributed by atoms with Crippen LogP contribution in [-0.2, 0) is 19.1 Å². The first-order valence-electron chi connectivity index (χ1n) is 11.6. The summed E-state index contributed by atoms with van der Waals surface area (Å²) < 4.78 is 11.5. The van der Waals surface area contributed by atoms with E-state index in [1.165, 1.54) is 0 Å². The molecule has 0 N–H and O–H groups in total. The molecule has 1 heterocycles. The van der Waals surface area contributed by atoms with Gasteiger partial charge in [-0.25, -0.2) is 0 Å². The van der Waals surface area contributed by atoms with Gasteiger partial charge in [-0.05, 0) is 43.9 Å². The Morgan fingerprint density at radius 2 is 1.86 bits per heavy atom. The lowest BCUT2D eigenvalue weighted by molar-refractivity contribution is -0.232. The highest BCUT2D eigenvalue weighted by molar-refractivity contribution is 5.90. The molecule has 1 aliphatic heterocycles. The highest BCUT2D eigenvalue weighted by Crippen LogP contribution is 2.54. The van der Waals surface area contributed by atoms with Crippen LogP contribution in [0.1, 0.15) is 91.9 Å². The van der Waals surface area contributed by atoms with E-state index in [1.54, 1.807) is 0 Å². The number of ether oxygens (including phenoxy) is 2. The lowest BCUT2D eigenvalue weighted by atomic mass is 9.58. The Labute approximate surface area is 171 Å². The average Bonchev–Trinajstić information content (AvgIpc) is 2.73. The van der Waals surface area contributed by atoms with Crippen LogP contribution in [0, 0.1) is 23.2 Å². The first kappa shape index (κ1) is 23.0. The maximum Gasteiger partial charge on any atom is 0.317 e. The molecule has 4 heteroatoms. The molecular formula is C24H40O4. The van der Waals surface area contributed by atoms with Gasteiger partial charge in [0.1, 0.15) is 11.5 Å². The summed E-state index contributed by atoms with van der Waals surface area (Å²) in [6.45, 7) is 9.14. The van der Waals surface area contributed by atoms with Crippen LogP contribution in [0.4, 0.5) is 0 Å². The molecule has 0 aromatic rings. The Balaban J connectivity index is 2.09. The van der Waals surface area contributed by atoms with Gasteiger partial charge in [0.2, 0.25) is 0 Å². The summed E-state index contributed by atoms with van der Waals surface area (Å²) in [5, 5.41) is 0. The van der Waals surface area contributed by atoms with Crippen LogP contribution in [-0.4, -0.2) is 24.6 Å². The Morgan fingerprint density at radius 1 is 1.14 bits per heavy atom. The van der Waals surface area contributed by atoms with Gasteiger partial charge in [-0.1, -0.05) is 72.0 Å². The summed E-state index contributed by atoms with van der Waals surface area (Å²) >= 11 is 0. The second-order valence-electron chi connectivity index (χ2n) is 8.69. The van der Waals surface area contributed by atoms with Crippen molar-refractivity contribution >= 4 is 11.9 Å². The zero-order valence-corrected chi connectivity index (χ0v) is 18.4. The van der Waals surface area contributed by atoms with E-state index in [0.29, 0.717) is 31.3 Å². The minimum absolute atomic E-state index is 0.152. The fourth-order valence-electron chi connectivity index (χ4n) is 4.85. The van der Waals surface area contributed by atoms with Crippen molar-refractivity contribution in [3.05, 3.63) is 12.2 Å². The van der Waals surface area contributed by atoms with E-state index >= 15 is 0 Å². The lowest BCUT2D eigenvalue weighted by Crippen LogP contribution is -2.65. The molecule has 4 nitrogen and oxygen atoms in total. The number of allylic oxidation sites excluding steroid dienone is 2.